The van der Waals surface area contributed by atoms with Crippen LogP contribution in [0, 0.1) is 0 Å². The van der Waals surface area contributed by atoms with Crippen molar-refractivity contribution in [1.29, 1.82) is 0 Å². The summed E-state index contributed by atoms with van der Waals surface area (Å²) in [5.41, 5.74) is 2.19. The van der Waals surface area contributed by atoms with E-state index in [1.54, 1.807) is 7.11 Å². The van der Waals surface area contributed by atoms with E-state index in [1.807, 2.05) is 0 Å². The van der Waals surface area contributed by atoms with Gasteiger partial charge in [-0.3, -0.25) is 0 Å². The SMILES string of the molecule is CCc1ccc2c(c1)C1CC(C)(O2)N(CCCOC)C(=S)N1. The highest BCUT2D eigenvalue weighted by molar-refractivity contribution is 7.80. The van der Waals surface area contributed by atoms with E-state index in [9.17, 15) is 0 Å². The topological polar surface area (TPSA) is 33.7 Å². The molecule has 0 radical (unpaired) electrons. The molecule has 0 aromatic heterocycles. The normalized spacial score (nSPS) is 26.2. The summed E-state index contributed by atoms with van der Waals surface area (Å²) in [5.74, 6) is 0.975. The predicted molar refractivity (Wildman–Crippen MR) is 91.1 cm³/mol. The van der Waals surface area contributed by atoms with Crippen molar-refractivity contribution in [3.63, 3.8) is 0 Å². The molecule has 1 fully saturated rings. The van der Waals surface area contributed by atoms with E-state index in [-0.39, 0.29) is 11.8 Å². The standard InChI is InChI=1S/C17H24N2O2S/c1-4-12-6-7-15-13(10-12)14-11-17(2,21-15)19(16(22)18-14)8-5-9-20-3/h6-7,10,14H,4-5,8-9,11H2,1-3H3,(H,18,22). The van der Waals surface area contributed by atoms with Gasteiger partial charge in [0.2, 0.25) is 0 Å². The van der Waals surface area contributed by atoms with Gasteiger partial charge in [0.15, 0.2) is 10.8 Å². The van der Waals surface area contributed by atoms with E-state index >= 15 is 0 Å². The van der Waals surface area contributed by atoms with Gasteiger partial charge in [0.25, 0.3) is 0 Å². The summed E-state index contributed by atoms with van der Waals surface area (Å²) in [6.45, 7) is 5.88. The molecule has 5 heteroatoms. The van der Waals surface area contributed by atoms with Gasteiger partial charge < -0.3 is 19.7 Å². The number of benzene rings is 1. The zero-order valence-corrected chi connectivity index (χ0v) is 14.3. The van der Waals surface area contributed by atoms with Gasteiger partial charge in [-0.2, -0.15) is 0 Å². The Balaban J connectivity index is 1.87. The van der Waals surface area contributed by atoms with Gasteiger partial charge in [-0.05, 0) is 43.6 Å². The van der Waals surface area contributed by atoms with Crippen LogP contribution in [-0.2, 0) is 11.2 Å². The van der Waals surface area contributed by atoms with Crippen molar-refractivity contribution in [3.8, 4) is 5.75 Å². The second-order valence-corrected chi connectivity index (χ2v) is 6.59. The summed E-state index contributed by atoms with van der Waals surface area (Å²) < 4.78 is 11.5. The quantitative estimate of drug-likeness (QED) is 0.666. The van der Waals surface area contributed by atoms with Crippen LogP contribution in [0.2, 0.25) is 0 Å². The first-order valence-corrected chi connectivity index (χ1v) is 8.37. The largest absolute Gasteiger partial charge is 0.468 e. The Kier molecular flexibility index (Phi) is 4.28. The molecule has 2 unspecified atom stereocenters. The average Bonchev–Trinajstić information content (AvgIpc) is 2.50. The lowest BCUT2D eigenvalue weighted by Gasteiger charge is -2.52. The van der Waals surface area contributed by atoms with Crippen LogP contribution in [0.5, 0.6) is 5.75 Å². The van der Waals surface area contributed by atoms with Crippen molar-refractivity contribution in [2.45, 2.75) is 44.9 Å². The Morgan fingerprint density at radius 3 is 3.05 bits per heavy atom. The molecule has 1 saturated heterocycles. The molecule has 0 saturated carbocycles. The maximum atomic E-state index is 6.36. The minimum Gasteiger partial charge on any atom is -0.468 e. The number of nitrogens with zero attached hydrogens (tertiary/aromatic N) is 1. The molecule has 2 atom stereocenters. The molecule has 0 spiro atoms. The lowest BCUT2D eigenvalue weighted by Crippen LogP contribution is -2.64. The lowest BCUT2D eigenvalue weighted by atomic mass is 9.89. The van der Waals surface area contributed by atoms with Crippen LogP contribution in [0.4, 0.5) is 0 Å². The second-order valence-electron chi connectivity index (χ2n) is 6.21. The molecular weight excluding hydrogens is 296 g/mol. The fourth-order valence-electron chi connectivity index (χ4n) is 3.39. The van der Waals surface area contributed by atoms with Crippen molar-refractivity contribution >= 4 is 17.3 Å². The highest BCUT2D eigenvalue weighted by Gasteiger charge is 2.47. The summed E-state index contributed by atoms with van der Waals surface area (Å²) in [7, 11) is 1.73. The molecular formula is C17H24N2O2S. The summed E-state index contributed by atoms with van der Waals surface area (Å²) in [5, 5.41) is 4.27. The van der Waals surface area contributed by atoms with Gasteiger partial charge in [-0.1, -0.05) is 19.1 Å². The molecule has 3 rings (SSSR count). The third-order valence-corrected chi connectivity index (χ3v) is 4.95. The Bertz CT molecular complexity index is 578. The number of ether oxygens (including phenoxy) is 2. The molecule has 0 amide bonds. The highest BCUT2D eigenvalue weighted by Crippen LogP contribution is 2.44. The number of methoxy groups -OCH3 is 1. The summed E-state index contributed by atoms with van der Waals surface area (Å²) >= 11 is 5.59. The molecule has 4 nitrogen and oxygen atoms in total. The Morgan fingerprint density at radius 2 is 2.32 bits per heavy atom. The average molecular weight is 320 g/mol. The van der Waals surface area contributed by atoms with Gasteiger partial charge in [-0.25, -0.2) is 0 Å². The van der Waals surface area contributed by atoms with E-state index in [1.165, 1.54) is 11.1 Å². The smallest absolute Gasteiger partial charge is 0.184 e. The zero-order chi connectivity index (χ0) is 15.7. The molecule has 1 aromatic rings. The van der Waals surface area contributed by atoms with Crippen LogP contribution in [0.15, 0.2) is 18.2 Å². The van der Waals surface area contributed by atoms with Crippen molar-refractivity contribution in [3.05, 3.63) is 29.3 Å². The van der Waals surface area contributed by atoms with E-state index in [0.717, 1.165) is 43.3 Å². The number of nitrogens with one attached hydrogen (secondary N) is 1. The van der Waals surface area contributed by atoms with Crippen LogP contribution in [-0.4, -0.2) is 36.0 Å². The zero-order valence-electron chi connectivity index (χ0n) is 13.5. The maximum absolute atomic E-state index is 6.36. The van der Waals surface area contributed by atoms with Gasteiger partial charge >= 0.3 is 0 Å². The second kappa shape index (κ2) is 6.05. The molecule has 2 bridgehead atoms. The van der Waals surface area contributed by atoms with Crippen LogP contribution in [0.3, 0.4) is 0 Å². The lowest BCUT2D eigenvalue weighted by molar-refractivity contribution is -0.0698. The number of fused-ring (bicyclic) bond motifs is 4. The van der Waals surface area contributed by atoms with Crippen molar-refractivity contribution < 1.29 is 9.47 Å². The number of thiocarbonyl (C=S) groups is 1. The van der Waals surface area contributed by atoms with Crippen molar-refractivity contribution in [1.82, 2.24) is 10.2 Å². The van der Waals surface area contributed by atoms with Gasteiger partial charge in [0, 0.05) is 32.2 Å². The van der Waals surface area contributed by atoms with Crippen LogP contribution >= 0.6 is 12.2 Å². The number of rotatable bonds is 5. The van der Waals surface area contributed by atoms with Crippen LogP contribution in [0.25, 0.3) is 0 Å². The molecule has 1 N–H and O–H groups in total. The van der Waals surface area contributed by atoms with E-state index in [2.05, 4.69) is 42.3 Å². The Labute approximate surface area is 137 Å². The van der Waals surface area contributed by atoms with Crippen LogP contribution < -0.4 is 10.1 Å². The van der Waals surface area contributed by atoms with Crippen LogP contribution in [0.1, 0.15) is 43.9 Å². The first-order chi connectivity index (χ1) is 10.6. The van der Waals surface area contributed by atoms with E-state index < -0.39 is 0 Å². The molecule has 22 heavy (non-hydrogen) atoms. The third-order valence-electron chi connectivity index (χ3n) is 4.61. The number of hydrogen-bond donors (Lipinski definition) is 1. The minimum absolute atomic E-state index is 0.242. The Morgan fingerprint density at radius 1 is 1.50 bits per heavy atom. The molecule has 1 aromatic carbocycles. The highest BCUT2D eigenvalue weighted by atomic mass is 32.1. The summed E-state index contributed by atoms with van der Waals surface area (Å²) in [6.07, 6.45) is 2.87. The summed E-state index contributed by atoms with van der Waals surface area (Å²) in [6, 6.07) is 6.74. The first kappa shape index (κ1) is 15.6. The summed E-state index contributed by atoms with van der Waals surface area (Å²) in [4.78, 5) is 2.16. The van der Waals surface area contributed by atoms with Gasteiger partial charge in [0.1, 0.15) is 5.75 Å². The van der Waals surface area contributed by atoms with Crippen molar-refractivity contribution in [2.75, 3.05) is 20.3 Å². The van der Waals surface area contributed by atoms with Crippen molar-refractivity contribution in [2.24, 2.45) is 0 Å². The molecule has 0 aliphatic carbocycles. The fraction of sp³-hybridized carbons (Fsp3) is 0.588. The Hall–Kier alpha value is -1.33. The monoisotopic (exact) mass is 320 g/mol. The minimum atomic E-state index is -0.374. The van der Waals surface area contributed by atoms with E-state index in [4.69, 9.17) is 21.7 Å². The first-order valence-electron chi connectivity index (χ1n) is 7.96. The molecule has 2 heterocycles. The fourth-order valence-corrected chi connectivity index (χ4v) is 3.82. The molecule has 120 valence electrons. The number of hydrogen-bond acceptors (Lipinski definition) is 3. The number of aryl methyl sites for hydroxylation is 1. The molecule has 2 aliphatic heterocycles. The predicted octanol–water partition coefficient (Wildman–Crippen LogP) is 3.02. The van der Waals surface area contributed by atoms with E-state index in [0.29, 0.717) is 0 Å². The van der Waals surface area contributed by atoms with Gasteiger partial charge in [-0.15, -0.1) is 0 Å². The molecule has 2 aliphatic rings. The third kappa shape index (κ3) is 2.68. The van der Waals surface area contributed by atoms with Gasteiger partial charge in [0.05, 0.1) is 6.04 Å². The maximum Gasteiger partial charge on any atom is 0.184 e.